The smallest absolute Gasteiger partial charge is 0.146 e. The Morgan fingerprint density at radius 3 is 2.48 bits per heavy atom. The summed E-state index contributed by atoms with van der Waals surface area (Å²) in [5.41, 5.74) is 1.14. The van der Waals surface area contributed by atoms with E-state index < -0.39 is 0 Å². The summed E-state index contributed by atoms with van der Waals surface area (Å²) in [6, 6.07) is 9.52. The summed E-state index contributed by atoms with van der Waals surface area (Å²) in [4.78, 5) is 0. The Kier molecular flexibility index (Phi) is 5.69. The third-order valence-corrected chi connectivity index (χ3v) is 3.14. The minimum Gasteiger partial charge on any atom is -0.497 e. The van der Waals surface area contributed by atoms with Crippen LogP contribution in [-0.4, -0.2) is 13.7 Å². The first-order valence-corrected chi connectivity index (χ1v) is 7.22. The lowest BCUT2D eigenvalue weighted by Gasteiger charge is -2.09. The molecule has 0 unspecified atom stereocenters. The predicted molar refractivity (Wildman–Crippen MR) is 82.6 cm³/mol. The highest BCUT2D eigenvalue weighted by Gasteiger charge is 2.07. The van der Waals surface area contributed by atoms with Gasteiger partial charge in [-0.2, -0.15) is 0 Å². The summed E-state index contributed by atoms with van der Waals surface area (Å²) in [5, 5.41) is 3.41. The highest BCUT2D eigenvalue weighted by molar-refractivity contribution is 5.31. The summed E-state index contributed by atoms with van der Waals surface area (Å²) in [6.45, 7) is 6.60. The fourth-order valence-electron chi connectivity index (χ4n) is 1.97. The van der Waals surface area contributed by atoms with E-state index in [0.29, 0.717) is 12.5 Å². The van der Waals surface area contributed by atoms with Crippen LogP contribution in [-0.2, 0) is 13.2 Å². The maximum Gasteiger partial charge on any atom is 0.146 e. The summed E-state index contributed by atoms with van der Waals surface area (Å²) in [5.74, 6) is 3.12. The third kappa shape index (κ3) is 4.83. The van der Waals surface area contributed by atoms with E-state index in [1.165, 1.54) is 0 Å². The van der Waals surface area contributed by atoms with Crippen molar-refractivity contribution in [1.29, 1.82) is 0 Å². The lowest BCUT2D eigenvalue weighted by atomic mass is 10.2. The summed E-state index contributed by atoms with van der Waals surface area (Å²) >= 11 is 0. The lowest BCUT2D eigenvalue weighted by molar-refractivity contribution is 0.267. The van der Waals surface area contributed by atoms with Crippen molar-refractivity contribution >= 4 is 0 Å². The number of ether oxygens (including phenoxy) is 2. The molecule has 0 atom stereocenters. The van der Waals surface area contributed by atoms with Crippen LogP contribution in [0.4, 0.5) is 0 Å². The van der Waals surface area contributed by atoms with E-state index >= 15 is 0 Å². The first-order valence-electron chi connectivity index (χ1n) is 7.22. The van der Waals surface area contributed by atoms with Gasteiger partial charge in [-0.25, -0.2) is 0 Å². The quantitative estimate of drug-likeness (QED) is 0.806. The number of hydrogen-bond donors (Lipinski definition) is 1. The zero-order valence-corrected chi connectivity index (χ0v) is 12.9. The zero-order valence-electron chi connectivity index (χ0n) is 12.9. The minimum absolute atomic E-state index is 0.429. The molecule has 0 bridgehead atoms. The van der Waals surface area contributed by atoms with Gasteiger partial charge in [0.25, 0.3) is 0 Å². The van der Waals surface area contributed by atoms with Gasteiger partial charge in [0.05, 0.1) is 13.4 Å². The molecule has 0 amide bonds. The number of furan rings is 1. The second-order valence-corrected chi connectivity index (χ2v) is 5.36. The molecule has 0 aliphatic rings. The van der Waals surface area contributed by atoms with Crippen molar-refractivity contribution in [3.05, 3.63) is 47.9 Å². The number of benzene rings is 1. The normalized spacial score (nSPS) is 10.9. The van der Waals surface area contributed by atoms with E-state index in [1.807, 2.05) is 30.3 Å². The topological polar surface area (TPSA) is 43.6 Å². The van der Waals surface area contributed by atoms with Gasteiger partial charge in [-0.1, -0.05) is 13.8 Å². The average Bonchev–Trinajstić information content (AvgIpc) is 2.93. The molecule has 21 heavy (non-hydrogen) atoms. The van der Waals surface area contributed by atoms with Gasteiger partial charge in [-0.05, 0) is 42.8 Å². The van der Waals surface area contributed by atoms with Crippen molar-refractivity contribution in [3.63, 3.8) is 0 Å². The van der Waals surface area contributed by atoms with Gasteiger partial charge in [0.1, 0.15) is 23.9 Å². The fraction of sp³-hybridized carbons (Fsp3) is 0.412. The van der Waals surface area contributed by atoms with Crippen molar-refractivity contribution in [2.45, 2.75) is 27.0 Å². The highest BCUT2D eigenvalue weighted by Crippen LogP contribution is 2.19. The second kappa shape index (κ2) is 7.74. The molecule has 0 radical (unpaired) electrons. The first kappa shape index (κ1) is 15.4. The van der Waals surface area contributed by atoms with E-state index in [1.54, 1.807) is 13.4 Å². The van der Waals surface area contributed by atoms with Crippen LogP contribution in [0.25, 0.3) is 0 Å². The van der Waals surface area contributed by atoms with Gasteiger partial charge in [0.2, 0.25) is 0 Å². The zero-order chi connectivity index (χ0) is 15.1. The standard InChI is InChI=1S/C17H23NO3/c1-13(2)10-18-11-14-8-9-20-17(14)12-21-16-6-4-15(19-3)5-7-16/h4-9,13,18H,10-12H2,1-3H3. The van der Waals surface area contributed by atoms with Gasteiger partial charge in [-0.3, -0.25) is 0 Å². The molecule has 1 N–H and O–H groups in total. The van der Waals surface area contributed by atoms with E-state index in [0.717, 1.165) is 35.9 Å². The molecule has 114 valence electrons. The van der Waals surface area contributed by atoms with Crippen molar-refractivity contribution < 1.29 is 13.9 Å². The SMILES string of the molecule is COc1ccc(OCc2occc2CNCC(C)C)cc1. The molecular formula is C17H23NO3. The number of methoxy groups -OCH3 is 1. The Bertz CT molecular complexity index is 531. The van der Waals surface area contributed by atoms with Crippen LogP contribution in [0.2, 0.25) is 0 Å². The van der Waals surface area contributed by atoms with Crippen LogP contribution in [0.5, 0.6) is 11.5 Å². The van der Waals surface area contributed by atoms with Crippen LogP contribution in [0.3, 0.4) is 0 Å². The fourth-order valence-corrected chi connectivity index (χ4v) is 1.97. The molecule has 2 rings (SSSR count). The molecule has 0 saturated heterocycles. The Morgan fingerprint density at radius 2 is 1.81 bits per heavy atom. The summed E-state index contributed by atoms with van der Waals surface area (Å²) in [7, 11) is 1.65. The molecule has 4 nitrogen and oxygen atoms in total. The van der Waals surface area contributed by atoms with Gasteiger partial charge < -0.3 is 19.2 Å². The average molecular weight is 289 g/mol. The van der Waals surface area contributed by atoms with Gasteiger partial charge in [-0.15, -0.1) is 0 Å². The molecule has 4 heteroatoms. The molecule has 0 spiro atoms. The summed E-state index contributed by atoms with van der Waals surface area (Å²) < 4.78 is 16.4. The van der Waals surface area contributed by atoms with Gasteiger partial charge >= 0.3 is 0 Å². The molecule has 0 aliphatic carbocycles. The largest absolute Gasteiger partial charge is 0.497 e. The molecule has 1 aromatic carbocycles. The Morgan fingerprint density at radius 1 is 1.10 bits per heavy atom. The van der Waals surface area contributed by atoms with E-state index in [-0.39, 0.29) is 0 Å². The Hall–Kier alpha value is -1.94. The number of hydrogen-bond acceptors (Lipinski definition) is 4. The van der Waals surface area contributed by atoms with Crippen LogP contribution < -0.4 is 14.8 Å². The first-order chi connectivity index (χ1) is 10.2. The maximum absolute atomic E-state index is 5.74. The van der Waals surface area contributed by atoms with E-state index in [9.17, 15) is 0 Å². The highest BCUT2D eigenvalue weighted by atomic mass is 16.5. The van der Waals surface area contributed by atoms with Crippen molar-refractivity contribution in [2.75, 3.05) is 13.7 Å². The second-order valence-electron chi connectivity index (χ2n) is 5.36. The van der Waals surface area contributed by atoms with Crippen molar-refractivity contribution in [2.24, 2.45) is 5.92 Å². The van der Waals surface area contributed by atoms with Gasteiger partial charge in [0, 0.05) is 12.1 Å². The predicted octanol–water partition coefficient (Wildman–Crippen LogP) is 3.61. The van der Waals surface area contributed by atoms with Crippen molar-refractivity contribution in [1.82, 2.24) is 5.32 Å². The monoisotopic (exact) mass is 289 g/mol. The van der Waals surface area contributed by atoms with Crippen LogP contribution in [0.15, 0.2) is 41.0 Å². The minimum atomic E-state index is 0.429. The molecule has 1 heterocycles. The Labute approximate surface area is 126 Å². The van der Waals surface area contributed by atoms with E-state index in [2.05, 4.69) is 19.2 Å². The summed E-state index contributed by atoms with van der Waals surface area (Å²) in [6.07, 6.45) is 1.71. The molecule has 2 aromatic rings. The van der Waals surface area contributed by atoms with Crippen LogP contribution >= 0.6 is 0 Å². The molecule has 0 aliphatic heterocycles. The molecule has 0 saturated carbocycles. The van der Waals surface area contributed by atoms with Crippen LogP contribution in [0.1, 0.15) is 25.2 Å². The number of nitrogens with one attached hydrogen (secondary N) is 1. The maximum atomic E-state index is 5.74. The molecule has 0 fully saturated rings. The molecule has 1 aromatic heterocycles. The molecular weight excluding hydrogens is 266 g/mol. The van der Waals surface area contributed by atoms with Gasteiger partial charge in [0.15, 0.2) is 0 Å². The Balaban J connectivity index is 1.86. The van der Waals surface area contributed by atoms with Crippen molar-refractivity contribution in [3.8, 4) is 11.5 Å². The van der Waals surface area contributed by atoms with Crippen LogP contribution in [0, 0.1) is 5.92 Å². The lowest BCUT2D eigenvalue weighted by Crippen LogP contribution is -2.19. The van der Waals surface area contributed by atoms with E-state index in [4.69, 9.17) is 13.9 Å². The third-order valence-electron chi connectivity index (χ3n) is 3.14. The number of rotatable bonds is 8.